The zero-order valence-corrected chi connectivity index (χ0v) is 11.8. The Kier molecular flexibility index (Phi) is 5.36. The number of rotatable bonds is 6. The Morgan fingerprint density at radius 1 is 1.14 bits per heavy atom. The van der Waals surface area contributed by atoms with E-state index in [2.05, 4.69) is 11.2 Å². The molecule has 0 atom stereocenters. The predicted molar refractivity (Wildman–Crippen MR) is 81.2 cm³/mol. The summed E-state index contributed by atoms with van der Waals surface area (Å²) in [7, 11) is 0. The van der Waals surface area contributed by atoms with E-state index in [1.807, 2.05) is 49.4 Å². The standard InChI is InChI=1S/C17H16N2O2/c1-2-20-17-10-6-5-8-15(17)12-19-21-13-16-9-4-3-7-14(16)11-18/h3-10,12H,2,13H2,1H3. The van der Waals surface area contributed by atoms with Crippen molar-refractivity contribution >= 4 is 6.21 Å². The first-order valence-electron chi connectivity index (χ1n) is 6.70. The van der Waals surface area contributed by atoms with Gasteiger partial charge in [-0.25, -0.2) is 0 Å². The van der Waals surface area contributed by atoms with Crippen LogP contribution in [0.2, 0.25) is 0 Å². The molecule has 0 spiro atoms. The van der Waals surface area contributed by atoms with E-state index in [4.69, 9.17) is 14.8 Å². The number of para-hydroxylation sites is 1. The molecule has 0 aromatic heterocycles. The molecule has 4 heteroatoms. The molecule has 2 aromatic carbocycles. The van der Waals surface area contributed by atoms with Crippen LogP contribution in [0.3, 0.4) is 0 Å². The van der Waals surface area contributed by atoms with Crippen molar-refractivity contribution in [1.82, 2.24) is 0 Å². The second-order valence-electron chi connectivity index (χ2n) is 4.25. The average Bonchev–Trinajstić information content (AvgIpc) is 2.53. The highest BCUT2D eigenvalue weighted by molar-refractivity contribution is 5.83. The van der Waals surface area contributed by atoms with E-state index in [1.165, 1.54) is 0 Å². The van der Waals surface area contributed by atoms with Crippen molar-refractivity contribution in [2.45, 2.75) is 13.5 Å². The molecule has 0 heterocycles. The Morgan fingerprint density at radius 2 is 1.90 bits per heavy atom. The summed E-state index contributed by atoms with van der Waals surface area (Å²) in [5, 5.41) is 12.9. The van der Waals surface area contributed by atoms with Crippen molar-refractivity contribution < 1.29 is 9.57 Å². The monoisotopic (exact) mass is 280 g/mol. The lowest BCUT2D eigenvalue weighted by Gasteiger charge is -2.06. The second kappa shape index (κ2) is 7.71. The third kappa shape index (κ3) is 4.08. The molecule has 0 unspecified atom stereocenters. The minimum Gasteiger partial charge on any atom is -0.493 e. The number of nitrogens with zero attached hydrogens (tertiary/aromatic N) is 2. The molecule has 2 aromatic rings. The van der Waals surface area contributed by atoms with Crippen molar-refractivity contribution in [1.29, 1.82) is 5.26 Å². The topological polar surface area (TPSA) is 54.6 Å². The molecule has 0 saturated carbocycles. The molecule has 0 aliphatic heterocycles. The highest BCUT2D eigenvalue weighted by atomic mass is 16.6. The lowest BCUT2D eigenvalue weighted by atomic mass is 10.1. The highest BCUT2D eigenvalue weighted by Crippen LogP contribution is 2.16. The minimum absolute atomic E-state index is 0.261. The van der Waals surface area contributed by atoms with Gasteiger partial charge in [0.25, 0.3) is 0 Å². The van der Waals surface area contributed by atoms with E-state index >= 15 is 0 Å². The maximum atomic E-state index is 8.99. The lowest BCUT2D eigenvalue weighted by molar-refractivity contribution is 0.132. The highest BCUT2D eigenvalue weighted by Gasteiger charge is 2.01. The number of ether oxygens (including phenoxy) is 1. The van der Waals surface area contributed by atoms with Crippen molar-refractivity contribution in [3.05, 3.63) is 65.2 Å². The zero-order valence-electron chi connectivity index (χ0n) is 11.8. The van der Waals surface area contributed by atoms with Crippen LogP contribution in [0.4, 0.5) is 0 Å². The number of nitriles is 1. The van der Waals surface area contributed by atoms with Crippen molar-refractivity contribution in [3.8, 4) is 11.8 Å². The van der Waals surface area contributed by atoms with Crippen LogP contribution in [0, 0.1) is 11.3 Å². The molecule has 0 aliphatic rings. The maximum Gasteiger partial charge on any atom is 0.143 e. The van der Waals surface area contributed by atoms with Crippen LogP contribution in [-0.4, -0.2) is 12.8 Å². The van der Waals surface area contributed by atoms with Gasteiger partial charge < -0.3 is 9.57 Å². The van der Waals surface area contributed by atoms with E-state index < -0.39 is 0 Å². The summed E-state index contributed by atoms with van der Waals surface area (Å²) >= 11 is 0. The third-order valence-electron chi connectivity index (χ3n) is 2.84. The van der Waals surface area contributed by atoms with Gasteiger partial charge in [0.15, 0.2) is 0 Å². The Bertz CT molecular complexity index is 660. The SMILES string of the molecule is CCOc1ccccc1C=NOCc1ccccc1C#N. The van der Waals surface area contributed by atoms with Gasteiger partial charge >= 0.3 is 0 Å². The Hall–Kier alpha value is -2.80. The molecule has 4 nitrogen and oxygen atoms in total. The zero-order chi connectivity index (χ0) is 14.9. The molecule has 0 radical (unpaired) electrons. The Balaban J connectivity index is 1.99. The first-order valence-corrected chi connectivity index (χ1v) is 6.70. The molecule has 0 N–H and O–H groups in total. The van der Waals surface area contributed by atoms with Crippen molar-refractivity contribution in [2.24, 2.45) is 5.16 Å². The molecule has 0 saturated heterocycles. The van der Waals surface area contributed by atoms with Gasteiger partial charge in [0.2, 0.25) is 0 Å². The fourth-order valence-corrected chi connectivity index (χ4v) is 1.83. The van der Waals surface area contributed by atoms with Crippen LogP contribution in [0.25, 0.3) is 0 Å². The van der Waals surface area contributed by atoms with Gasteiger partial charge in [-0.15, -0.1) is 0 Å². The maximum absolute atomic E-state index is 8.99. The molecule has 0 amide bonds. The van der Waals surface area contributed by atoms with Crippen molar-refractivity contribution in [3.63, 3.8) is 0 Å². The smallest absolute Gasteiger partial charge is 0.143 e. The van der Waals surface area contributed by atoms with E-state index in [0.717, 1.165) is 16.9 Å². The molecule has 2 rings (SSSR count). The van der Waals surface area contributed by atoms with Crippen LogP contribution in [0.1, 0.15) is 23.6 Å². The molecule has 0 bridgehead atoms. The van der Waals surface area contributed by atoms with Crippen molar-refractivity contribution in [2.75, 3.05) is 6.61 Å². The average molecular weight is 280 g/mol. The summed E-state index contributed by atoms with van der Waals surface area (Å²) in [4.78, 5) is 5.26. The Morgan fingerprint density at radius 3 is 2.71 bits per heavy atom. The minimum atomic E-state index is 0.261. The van der Waals surface area contributed by atoms with E-state index in [0.29, 0.717) is 12.2 Å². The number of oxime groups is 1. The van der Waals surface area contributed by atoms with Gasteiger partial charge in [-0.3, -0.25) is 0 Å². The number of benzene rings is 2. The van der Waals surface area contributed by atoms with Gasteiger partial charge in [-0.05, 0) is 25.1 Å². The van der Waals surface area contributed by atoms with E-state index in [-0.39, 0.29) is 6.61 Å². The quantitative estimate of drug-likeness (QED) is 0.601. The summed E-state index contributed by atoms with van der Waals surface area (Å²) in [6.07, 6.45) is 1.61. The normalized spacial score (nSPS) is 10.3. The van der Waals surface area contributed by atoms with Crippen LogP contribution in [0.15, 0.2) is 53.7 Å². The summed E-state index contributed by atoms with van der Waals surface area (Å²) in [6.45, 7) is 2.79. The first-order chi connectivity index (χ1) is 10.3. The van der Waals surface area contributed by atoms with Gasteiger partial charge in [-0.1, -0.05) is 35.5 Å². The van der Waals surface area contributed by atoms with Gasteiger partial charge in [0.1, 0.15) is 12.4 Å². The largest absolute Gasteiger partial charge is 0.493 e. The van der Waals surface area contributed by atoms with Crippen LogP contribution in [0.5, 0.6) is 5.75 Å². The summed E-state index contributed by atoms with van der Waals surface area (Å²) < 4.78 is 5.50. The summed E-state index contributed by atoms with van der Waals surface area (Å²) in [5.41, 5.74) is 2.27. The predicted octanol–water partition coefficient (Wildman–Crippen LogP) is 3.51. The van der Waals surface area contributed by atoms with Gasteiger partial charge in [0.05, 0.1) is 24.5 Å². The Labute approximate surface area is 124 Å². The summed E-state index contributed by atoms with van der Waals surface area (Å²) in [5.74, 6) is 0.768. The lowest BCUT2D eigenvalue weighted by Crippen LogP contribution is -1.96. The van der Waals surface area contributed by atoms with Crippen LogP contribution >= 0.6 is 0 Å². The van der Waals surface area contributed by atoms with Gasteiger partial charge in [-0.2, -0.15) is 5.26 Å². The van der Waals surface area contributed by atoms with E-state index in [1.54, 1.807) is 12.3 Å². The fourth-order valence-electron chi connectivity index (χ4n) is 1.83. The molecular weight excluding hydrogens is 264 g/mol. The molecular formula is C17H16N2O2. The number of hydrogen-bond donors (Lipinski definition) is 0. The first kappa shape index (κ1) is 14.6. The van der Waals surface area contributed by atoms with Gasteiger partial charge in [0, 0.05) is 11.1 Å². The summed E-state index contributed by atoms with van der Waals surface area (Å²) in [6, 6.07) is 17.0. The molecule has 0 aliphatic carbocycles. The molecule has 106 valence electrons. The van der Waals surface area contributed by atoms with E-state index in [9.17, 15) is 0 Å². The molecule has 0 fully saturated rings. The fraction of sp³-hybridized carbons (Fsp3) is 0.176. The van der Waals surface area contributed by atoms with Crippen LogP contribution < -0.4 is 4.74 Å². The third-order valence-corrected chi connectivity index (χ3v) is 2.84. The second-order valence-corrected chi connectivity index (χ2v) is 4.25. The number of hydrogen-bond acceptors (Lipinski definition) is 4. The molecule has 21 heavy (non-hydrogen) atoms. The van der Waals surface area contributed by atoms with Crippen LogP contribution in [-0.2, 0) is 11.4 Å².